The van der Waals surface area contributed by atoms with Gasteiger partial charge >= 0.3 is 12.2 Å². The number of nitrogens with two attached hydrogens (primary N) is 1. The molecule has 1 aliphatic heterocycles. The Balaban J connectivity index is 1.21. The number of halogens is 3. The summed E-state index contributed by atoms with van der Waals surface area (Å²) < 4.78 is 40.9. The summed E-state index contributed by atoms with van der Waals surface area (Å²) in [5, 5.41) is 10.6. The van der Waals surface area contributed by atoms with Crippen LogP contribution >= 0.6 is 0 Å². The van der Waals surface area contributed by atoms with E-state index in [0.717, 1.165) is 85.6 Å². The highest BCUT2D eigenvalue weighted by atomic mass is 19.4. The fourth-order valence-corrected chi connectivity index (χ4v) is 5.30. The van der Waals surface area contributed by atoms with Crippen LogP contribution in [0.4, 0.5) is 35.2 Å². The maximum atomic E-state index is 13.0. The van der Waals surface area contributed by atoms with Crippen molar-refractivity contribution in [2.75, 3.05) is 56.1 Å². The highest BCUT2D eigenvalue weighted by Crippen LogP contribution is 2.43. The predicted molar refractivity (Wildman–Crippen MR) is 157 cm³/mol. The Bertz CT molecular complexity index is 1590. The van der Waals surface area contributed by atoms with Crippen LogP contribution in [-0.2, 0) is 12.7 Å². The third kappa shape index (κ3) is 6.19. The van der Waals surface area contributed by atoms with Crippen molar-refractivity contribution in [2.24, 2.45) is 0 Å². The molecule has 0 atom stereocenters. The second-order valence-electron chi connectivity index (χ2n) is 11.1. The van der Waals surface area contributed by atoms with Crippen LogP contribution in [0.2, 0.25) is 0 Å². The number of fused-ring (bicyclic) bond motifs is 1. The number of hydrogen-bond donors (Lipinski definition) is 3. The van der Waals surface area contributed by atoms with Crippen molar-refractivity contribution in [3.63, 3.8) is 0 Å². The van der Waals surface area contributed by atoms with Crippen LogP contribution in [0, 0.1) is 0 Å². The van der Waals surface area contributed by atoms with Crippen molar-refractivity contribution in [2.45, 2.75) is 31.5 Å². The largest absolute Gasteiger partial charge is 0.416 e. The number of rotatable bonds is 7. The minimum atomic E-state index is -4.49. The third-order valence-corrected chi connectivity index (χ3v) is 7.87. The Morgan fingerprint density at radius 3 is 2.38 bits per heavy atom. The molecule has 2 aromatic carbocycles. The number of carbonyl (C=O) groups excluding carboxylic acids is 1. The molecule has 0 bridgehead atoms. The number of urea groups is 1. The summed E-state index contributed by atoms with van der Waals surface area (Å²) in [5.74, 6) is 0.853. The van der Waals surface area contributed by atoms with Gasteiger partial charge < -0.3 is 21.3 Å². The van der Waals surface area contributed by atoms with Crippen LogP contribution in [0.1, 0.15) is 30.0 Å². The van der Waals surface area contributed by atoms with Gasteiger partial charge in [0.1, 0.15) is 0 Å². The van der Waals surface area contributed by atoms with Gasteiger partial charge in [0.15, 0.2) is 11.5 Å². The molecule has 4 aromatic rings. The van der Waals surface area contributed by atoms with E-state index in [2.05, 4.69) is 38.6 Å². The molecule has 9 nitrogen and oxygen atoms in total. The average Bonchev–Trinajstić information content (AvgIpc) is 3.76. The molecule has 220 valence electrons. The number of carbonyl (C=O) groups is 1. The number of piperazine rings is 1. The first-order chi connectivity index (χ1) is 20.1. The van der Waals surface area contributed by atoms with E-state index in [0.29, 0.717) is 24.0 Å². The predicted octanol–water partition coefficient (Wildman–Crippen LogP) is 5.47. The van der Waals surface area contributed by atoms with Crippen molar-refractivity contribution in [1.29, 1.82) is 0 Å². The lowest BCUT2D eigenvalue weighted by Gasteiger charge is -2.32. The minimum absolute atomic E-state index is 0.0471. The summed E-state index contributed by atoms with van der Waals surface area (Å²) in [4.78, 5) is 22.3. The molecule has 2 aliphatic rings. The van der Waals surface area contributed by atoms with E-state index in [1.807, 2.05) is 16.8 Å². The van der Waals surface area contributed by atoms with E-state index >= 15 is 0 Å². The number of benzene rings is 2. The van der Waals surface area contributed by atoms with E-state index in [4.69, 9.17) is 10.7 Å². The van der Waals surface area contributed by atoms with Crippen molar-refractivity contribution in [1.82, 2.24) is 24.6 Å². The number of nitrogen functional groups attached to an aromatic ring is 1. The molecule has 12 heteroatoms. The fourth-order valence-electron chi connectivity index (χ4n) is 5.30. The van der Waals surface area contributed by atoms with Gasteiger partial charge in [-0.2, -0.15) is 18.3 Å². The van der Waals surface area contributed by atoms with Crippen LogP contribution in [0.3, 0.4) is 0 Å². The first kappa shape index (κ1) is 28.0. The van der Waals surface area contributed by atoms with Crippen LogP contribution in [0.25, 0.3) is 22.2 Å². The first-order valence-electron chi connectivity index (χ1n) is 14.1. The Hall–Kier alpha value is -4.16. The third-order valence-electron chi connectivity index (χ3n) is 7.87. The molecule has 0 radical (unpaired) electrons. The summed E-state index contributed by atoms with van der Waals surface area (Å²) >= 11 is 0. The number of likely N-dealkylation sites (N-methyl/N-ethyl adjacent to an activating group) is 1. The van der Waals surface area contributed by atoms with Gasteiger partial charge in [-0.3, -0.25) is 4.90 Å². The molecule has 2 aromatic heterocycles. The Morgan fingerprint density at radius 2 is 1.69 bits per heavy atom. The number of aromatic nitrogens is 3. The Morgan fingerprint density at radius 1 is 0.976 bits per heavy atom. The molecule has 0 spiro atoms. The van der Waals surface area contributed by atoms with Gasteiger partial charge in [-0.25, -0.2) is 14.5 Å². The molecule has 3 heterocycles. The fraction of sp³-hybridized carbons (Fsp3) is 0.367. The SMILES string of the molecule is CN1CCN(CCn2nc(N)c3c(-c4ccc(NC(=O)Nc5cccc(C(F)(F)F)c5)cc4)cc(C4CC4)nc32)CC1. The van der Waals surface area contributed by atoms with E-state index in [1.54, 1.807) is 12.1 Å². The zero-order valence-corrected chi connectivity index (χ0v) is 23.3. The zero-order valence-electron chi connectivity index (χ0n) is 23.3. The first-order valence-corrected chi connectivity index (χ1v) is 14.1. The maximum absolute atomic E-state index is 13.0. The van der Waals surface area contributed by atoms with Crippen LogP contribution in [0.15, 0.2) is 54.6 Å². The van der Waals surface area contributed by atoms with E-state index in [9.17, 15) is 18.0 Å². The highest BCUT2D eigenvalue weighted by molar-refractivity contribution is 6.02. The number of alkyl halides is 3. The summed E-state index contributed by atoms with van der Waals surface area (Å²) in [6.07, 6.45) is -2.29. The van der Waals surface area contributed by atoms with Crippen LogP contribution in [0.5, 0.6) is 0 Å². The summed E-state index contributed by atoms with van der Waals surface area (Å²) in [6.45, 7) is 5.71. The lowest BCUT2D eigenvalue weighted by molar-refractivity contribution is -0.137. The number of nitrogens with zero attached hydrogens (tertiary/aromatic N) is 5. The van der Waals surface area contributed by atoms with E-state index < -0.39 is 17.8 Å². The number of hydrogen-bond acceptors (Lipinski definition) is 6. The maximum Gasteiger partial charge on any atom is 0.416 e. The highest BCUT2D eigenvalue weighted by Gasteiger charge is 2.31. The molecule has 4 N–H and O–H groups in total. The van der Waals surface area contributed by atoms with E-state index in [-0.39, 0.29) is 5.69 Å². The quantitative estimate of drug-likeness (QED) is 0.269. The molecule has 1 saturated heterocycles. The van der Waals surface area contributed by atoms with Crippen molar-refractivity contribution in [3.05, 3.63) is 65.9 Å². The van der Waals surface area contributed by atoms with Gasteiger partial charge in [-0.15, -0.1) is 0 Å². The number of pyridine rings is 1. The monoisotopic (exact) mass is 578 g/mol. The lowest BCUT2D eigenvalue weighted by atomic mass is 10.0. The molecular formula is C30H33F3N8O. The van der Waals surface area contributed by atoms with Crippen molar-refractivity contribution in [3.8, 4) is 11.1 Å². The average molecular weight is 579 g/mol. The Kier molecular flexibility index (Phi) is 7.50. The van der Waals surface area contributed by atoms with Gasteiger partial charge in [0, 0.05) is 55.7 Å². The van der Waals surface area contributed by atoms with Gasteiger partial charge in [-0.05, 0) is 67.4 Å². The van der Waals surface area contributed by atoms with Gasteiger partial charge in [0.05, 0.1) is 17.5 Å². The summed E-state index contributed by atoms with van der Waals surface area (Å²) in [7, 11) is 2.14. The van der Waals surface area contributed by atoms with Gasteiger partial charge in [0.25, 0.3) is 0 Å². The molecule has 42 heavy (non-hydrogen) atoms. The van der Waals surface area contributed by atoms with Crippen molar-refractivity contribution < 1.29 is 18.0 Å². The number of nitrogens with one attached hydrogen (secondary N) is 2. The normalized spacial score (nSPS) is 16.6. The number of anilines is 3. The summed E-state index contributed by atoms with van der Waals surface area (Å²) in [5.41, 5.74) is 9.82. The smallest absolute Gasteiger partial charge is 0.382 e. The topological polar surface area (TPSA) is 104 Å². The Labute approximate surface area is 241 Å². The van der Waals surface area contributed by atoms with E-state index in [1.165, 1.54) is 12.1 Å². The molecular weight excluding hydrogens is 545 g/mol. The molecule has 2 amide bonds. The van der Waals surface area contributed by atoms with Crippen LogP contribution < -0.4 is 16.4 Å². The molecule has 1 aliphatic carbocycles. The molecule has 2 fully saturated rings. The minimum Gasteiger partial charge on any atom is -0.382 e. The molecule has 6 rings (SSSR count). The summed E-state index contributed by atoms with van der Waals surface area (Å²) in [6, 6.07) is 13.2. The lowest BCUT2D eigenvalue weighted by Crippen LogP contribution is -2.45. The molecule has 1 saturated carbocycles. The van der Waals surface area contributed by atoms with Gasteiger partial charge in [0.2, 0.25) is 0 Å². The number of amides is 2. The van der Waals surface area contributed by atoms with Crippen molar-refractivity contribution >= 4 is 34.3 Å². The zero-order chi connectivity index (χ0) is 29.4. The molecule has 0 unspecified atom stereocenters. The van der Waals surface area contributed by atoms with Crippen LogP contribution in [-0.4, -0.2) is 70.4 Å². The second kappa shape index (κ2) is 11.3. The standard InChI is InChI=1S/C30H33F3N8O/c1-39-11-13-40(14-12-39)15-16-41-28-26(27(34)38-41)24(18-25(37-28)20-5-6-20)19-7-9-22(10-8-19)35-29(42)36-23-4-2-3-21(17-23)30(31,32)33/h2-4,7-10,17-18,20H,5-6,11-16H2,1H3,(H2,34,38)(H2,35,36,42). The second-order valence-corrected chi connectivity index (χ2v) is 11.1. The van der Waals surface area contributed by atoms with Gasteiger partial charge in [-0.1, -0.05) is 18.2 Å².